The van der Waals surface area contributed by atoms with Gasteiger partial charge in [0.15, 0.2) is 17.2 Å². The Bertz CT molecular complexity index is 1850. The Hall–Kier alpha value is -5.77. The number of para-hydroxylation sites is 1. The molecule has 4 aromatic heterocycles. The van der Waals surface area contributed by atoms with Crippen molar-refractivity contribution in [2.24, 2.45) is 0 Å². The first kappa shape index (κ1) is 25.2. The molecule has 5 aromatic rings. The molecular formula is C29H25N11O2. The third-order valence-corrected chi connectivity index (χ3v) is 7.20. The normalized spacial score (nSPS) is 17.2. The topological polar surface area (TPSA) is 150 Å². The number of amides is 1. The van der Waals surface area contributed by atoms with Crippen LogP contribution in [0.15, 0.2) is 67.1 Å². The number of nitrogens with one attached hydrogen (secondary N) is 2. The molecule has 1 aromatic carbocycles. The Balaban J connectivity index is 1.02. The molecule has 2 aliphatic rings. The third-order valence-electron chi connectivity index (χ3n) is 7.20. The maximum absolute atomic E-state index is 12.4. The molecule has 7 rings (SSSR count). The van der Waals surface area contributed by atoms with Crippen LogP contribution in [0, 0.1) is 11.8 Å². The van der Waals surface area contributed by atoms with Crippen LogP contribution in [0.25, 0.3) is 16.9 Å². The average molecular weight is 560 g/mol. The Morgan fingerprint density at radius 3 is 2.90 bits per heavy atom. The Kier molecular flexibility index (Phi) is 6.20. The van der Waals surface area contributed by atoms with Crippen molar-refractivity contribution in [1.29, 1.82) is 0 Å². The highest BCUT2D eigenvalue weighted by Crippen LogP contribution is 2.40. The number of phenols is 1. The zero-order chi connectivity index (χ0) is 28.6. The van der Waals surface area contributed by atoms with E-state index in [1.807, 2.05) is 24.3 Å². The number of fused-ring (bicyclic) bond motifs is 4. The maximum atomic E-state index is 12.4. The van der Waals surface area contributed by atoms with Crippen LogP contribution in [0.1, 0.15) is 23.2 Å². The largest absolute Gasteiger partial charge is 0.507 e. The van der Waals surface area contributed by atoms with Crippen LogP contribution in [-0.4, -0.2) is 77.6 Å². The first-order valence-corrected chi connectivity index (χ1v) is 13.4. The van der Waals surface area contributed by atoms with Crippen LogP contribution < -0.4 is 20.4 Å². The van der Waals surface area contributed by atoms with Gasteiger partial charge in [0.25, 0.3) is 5.91 Å². The van der Waals surface area contributed by atoms with E-state index >= 15 is 0 Å². The number of piperazine rings is 1. The van der Waals surface area contributed by atoms with E-state index in [0.29, 0.717) is 35.1 Å². The van der Waals surface area contributed by atoms with Crippen molar-refractivity contribution in [3.8, 4) is 28.8 Å². The van der Waals surface area contributed by atoms with Crippen LogP contribution >= 0.6 is 0 Å². The first-order chi connectivity index (χ1) is 20.5. The molecule has 0 spiro atoms. The maximum Gasteiger partial charge on any atom is 0.272 e. The molecule has 0 saturated carbocycles. The average Bonchev–Trinajstić information content (AvgIpc) is 3.61. The van der Waals surface area contributed by atoms with Crippen LogP contribution in [0.2, 0.25) is 0 Å². The Morgan fingerprint density at radius 1 is 1.12 bits per heavy atom. The van der Waals surface area contributed by atoms with Crippen molar-refractivity contribution in [2.45, 2.75) is 19.1 Å². The van der Waals surface area contributed by atoms with Crippen LogP contribution in [0.4, 0.5) is 17.3 Å². The number of benzene rings is 1. The predicted octanol–water partition coefficient (Wildman–Crippen LogP) is 1.93. The minimum absolute atomic E-state index is 0.0350. The summed E-state index contributed by atoms with van der Waals surface area (Å²) in [6.07, 6.45) is 5.03. The van der Waals surface area contributed by atoms with Crippen LogP contribution in [0.3, 0.4) is 0 Å². The smallest absolute Gasteiger partial charge is 0.272 e. The van der Waals surface area contributed by atoms with Gasteiger partial charge >= 0.3 is 0 Å². The summed E-state index contributed by atoms with van der Waals surface area (Å²) in [4.78, 5) is 30.1. The van der Waals surface area contributed by atoms with E-state index in [1.165, 1.54) is 0 Å². The number of carbonyl (C=O) groups is 1. The van der Waals surface area contributed by atoms with Crippen molar-refractivity contribution in [1.82, 2.24) is 40.1 Å². The van der Waals surface area contributed by atoms with E-state index in [4.69, 9.17) is 0 Å². The fourth-order valence-corrected chi connectivity index (χ4v) is 5.32. The van der Waals surface area contributed by atoms with E-state index in [0.717, 1.165) is 18.1 Å². The molecule has 2 atom stereocenters. The second kappa shape index (κ2) is 10.3. The molecule has 1 amide bonds. The lowest BCUT2D eigenvalue weighted by Crippen LogP contribution is -2.58. The quantitative estimate of drug-likeness (QED) is 0.277. The molecule has 2 aliphatic heterocycles. The molecule has 6 heterocycles. The number of rotatable bonds is 4. The number of phenolic OH excluding ortho intramolecular Hbond substituents is 1. The molecule has 1 saturated heterocycles. The number of anilines is 3. The number of carbonyl (C=O) groups excluding carboxylic acids is 1. The molecule has 1 fully saturated rings. The summed E-state index contributed by atoms with van der Waals surface area (Å²) >= 11 is 0. The van der Waals surface area contributed by atoms with E-state index in [2.05, 4.69) is 69.4 Å². The molecule has 208 valence electrons. The molecule has 42 heavy (non-hydrogen) atoms. The number of hydrogen-bond acceptors (Lipinski definition) is 11. The summed E-state index contributed by atoms with van der Waals surface area (Å²) in [7, 11) is 0. The van der Waals surface area contributed by atoms with Gasteiger partial charge in [-0.05, 0) is 43.2 Å². The minimum atomic E-state index is -0.334. The van der Waals surface area contributed by atoms with Gasteiger partial charge in [0.05, 0.1) is 24.5 Å². The fourth-order valence-electron chi connectivity index (χ4n) is 5.32. The molecule has 3 N–H and O–H groups in total. The summed E-state index contributed by atoms with van der Waals surface area (Å²) in [6.45, 7) is 3.65. The number of aromatic hydroxyl groups is 1. The number of hydrogen-bond donors (Lipinski definition) is 3. The first-order valence-electron chi connectivity index (χ1n) is 13.4. The van der Waals surface area contributed by atoms with Crippen LogP contribution in [0.5, 0.6) is 5.75 Å². The lowest BCUT2D eigenvalue weighted by molar-refractivity contribution is 0.0953. The van der Waals surface area contributed by atoms with Gasteiger partial charge in [-0.2, -0.15) is 5.10 Å². The third kappa shape index (κ3) is 4.64. The summed E-state index contributed by atoms with van der Waals surface area (Å²) < 4.78 is 1.54. The molecule has 13 nitrogen and oxygen atoms in total. The van der Waals surface area contributed by atoms with Gasteiger partial charge in [0.1, 0.15) is 17.7 Å². The van der Waals surface area contributed by atoms with Gasteiger partial charge in [-0.15, -0.1) is 10.2 Å². The fraction of sp³-hybridized carbons (Fsp3) is 0.207. The molecular weight excluding hydrogens is 534 g/mol. The summed E-state index contributed by atoms with van der Waals surface area (Å²) in [5.41, 5.74) is 3.08. The lowest BCUT2D eigenvalue weighted by atomic mass is 10.1. The van der Waals surface area contributed by atoms with Gasteiger partial charge in [-0.1, -0.05) is 18.1 Å². The summed E-state index contributed by atoms with van der Waals surface area (Å²) in [5, 5.41) is 29.5. The number of aromatic nitrogens is 7. The minimum Gasteiger partial charge on any atom is -0.507 e. The van der Waals surface area contributed by atoms with Crippen LogP contribution in [-0.2, 0) is 0 Å². The van der Waals surface area contributed by atoms with E-state index in [-0.39, 0.29) is 36.1 Å². The highest BCUT2D eigenvalue weighted by atomic mass is 16.3. The zero-order valence-electron chi connectivity index (χ0n) is 22.5. The van der Waals surface area contributed by atoms with E-state index in [9.17, 15) is 9.90 Å². The summed E-state index contributed by atoms with van der Waals surface area (Å²) in [6, 6.07) is 14.5. The van der Waals surface area contributed by atoms with Gasteiger partial charge in [-0.25, -0.2) is 19.5 Å². The second-order valence-electron chi connectivity index (χ2n) is 9.98. The summed E-state index contributed by atoms with van der Waals surface area (Å²) in [5.74, 6) is 7.54. The van der Waals surface area contributed by atoms with Crippen molar-refractivity contribution >= 4 is 28.9 Å². The van der Waals surface area contributed by atoms with Crippen molar-refractivity contribution in [3.05, 3.63) is 78.6 Å². The Morgan fingerprint density at radius 2 is 2.02 bits per heavy atom. The molecule has 0 unspecified atom stereocenters. The highest BCUT2D eigenvalue weighted by molar-refractivity contribution is 5.93. The lowest BCUT2D eigenvalue weighted by Gasteiger charge is -2.43. The molecule has 0 bridgehead atoms. The van der Waals surface area contributed by atoms with Crippen molar-refractivity contribution < 1.29 is 9.90 Å². The SMILES string of the molecule is C[C@@H]1CN(c2ccnc(C#CCNC(=O)c3cc4ncccn4n3)n2)C[C@H]2Nc3nnc(-c4ccccc4O)cc3N12. The molecule has 0 radical (unpaired) electrons. The molecule has 0 aliphatic carbocycles. The monoisotopic (exact) mass is 559 g/mol. The van der Waals surface area contributed by atoms with Gasteiger partial charge in [-0.3, -0.25) is 4.79 Å². The second-order valence-corrected chi connectivity index (χ2v) is 9.98. The van der Waals surface area contributed by atoms with E-state index < -0.39 is 0 Å². The number of nitrogens with zero attached hydrogens (tertiary/aromatic N) is 9. The van der Waals surface area contributed by atoms with Crippen molar-refractivity contribution in [3.63, 3.8) is 0 Å². The molecule has 13 heteroatoms. The van der Waals surface area contributed by atoms with Gasteiger partial charge in [0, 0.05) is 42.8 Å². The van der Waals surface area contributed by atoms with Gasteiger partial charge < -0.3 is 25.5 Å². The predicted molar refractivity (Wildman–Crippen MR) is 155 cm³/mol. The highest BCUT2D eigenvalue weighted by Gasteiger charge is 2.39. The van der Waals surface area contributed by atoms with E-state index in [1.54, 1.807) is 47.4 Å². The van der Waals surface area contributed by atoms with Crippen molar-refractivity contribution in [2.75, 3.05) is 34.8 Å². The zero-order valence-corrected chi connectivity index (χ0v) is 22.5. The standard InChI is InChI=1S/C29H25N11O2/c1-18-16-38(17-27-34-28-22(40(18)27)14-20(35-36-28)19-6-2-3-7-23(19)41)25-9-12-30-24(33-25)8-4-10-32-29(42)21-15-26-31-11-5-13-39(26)37-21/h2-3,5-7,9,11-15,18,27,41H,10,16-17H2,1H3,(H,32,42)(H,34,36)/t18-,27+/m1/s1. The Labute approximate surface area is 240 Å². The van der Waals surface area contributed by atoms with Gasteiger partial charge in [0.2, 0.25) is 5.82 Å².